The Labute approximate surface area is 148 Å². The monoisotopic (exact) mass is 346 g/mol. The molecule has 1 aromatic carbocycles. The molecule has 6 heteroatoms. The van der Waals surface area contributed by atoms with E-state index in [1.807, 2.05) is 29.2 Å². The fourth-order valence-corrected chi connectivity index (χ4v) is 3.32. The van der Waals surface area contributed by atoms with Gasteiger partial charge in [0.25, 0.3) is 11.8 Å². The minimum Gasteiger partial charge on any atom is -0.483 e. The predicted octanol–water partition coefficient (Wildman–Crippen LogP) is 1.48. The first-order chi connectivity index (χ1) is 12.2. The second-order valence-corrected chi connectivity index (χ2v) is 6.46. The van der Waals surface area contributed by atoms with Gasteiger partial charge in [-0.25, -0.2) is 0 Å². The smallest absolute Gasteiger partial charge is 0.260 e. The summed E-state index contributed by atoms with van der Waals surface area (Å²) in [4.78, 5) is 28.3. The average Bonchev–Trinajstić information content (AvgIpc) is 3.20. The van der Waals surface area contributed by atoms with Gasteiger partial charge in [-0.2, -0.15) is 0 Å². The van der Waals surface area contributed by atoms with Crippen LogP contribution in [0.15, 0.2) is 24.3 Å². The van der Waals surface area contributed by atoms with Gasteiger partial charge in [-0.1, -0.05) is 25.1 Å². The summed E-state index contributed by atoms with van der Waals surface area (Å²) in [7, 11) is 0. The van der Waals surface area contributed by atoms with Crippen molar-refractivity contribution in [2.75, 3.05) is 39.4 Å². The third-order valence-corrected chi connectivity index (χ3v) is 4.85. The maximum atomic E-state index is 12.4. The second-order valence-electron chi connectivity index (χ2n) is 6.46. The lowest BCUT2D eigenvalue weighted by Crippen LogP contribution is -2.53. The van der Waals surface area contributed by atoms with Crippen molar-refractivity contribution in [3.8, 4) is 5.75 Å². The number of amides is 2. The molecule has 2 aliphatic rings. The third-order valence-electron chi connectivity index (χ3n) is 4.85. The number of carbonyl (C=O) groups excluding carboxylic acids is 2. The molecule has 2 saturated heterocycles. The zero-order valence-electron chi connectivity index (χ0n) is 14.8. The van der Waals surface area contributed by atoms with Gasteiger partial charge in [0.05, 0.1) is 0 Å². The van der Waals surface area contributed by atoms with Crippen molar-refractivity contribution in [1.29, 1.82) is 0 Å². The normalized spacial score (nSPS) is 20.6. The molecular formula is C19H26N2O4. The lowest BCUT2D eigenvalue weighted by atomic mass is 10.1. The summed E-state index contributed by atoms with van der Waals surface area (Å²) in [6, 6.07) is 7.78. The van der Waals surface area contributed by atoms with Gasteiger partial charge in [0.15, 0.2) is 6.61 Å². The van der Waals surface area contributed by atoms with Crippen molar-refractivity contribution in [3.05, 3.63) is 29.8 Å². The highest BCUT2D eigenvalue weighted by atomic mass is 16.5. The number of benzene rings is 1. The van der Waals surface area contributed by atoms with Crippen molar-refractivity contribution >= 4 is 11.8 Å². The Morgan fingerprint density at radius 2 is 1.88 bits per heavy atom. The molecule has 1 atom stereocenters. The van der Waals surface area contributed by atoms with Crippen molar-refractivity contribution in [2.45, 2.75) is 32.3 Å². The van der Waals surface area contributed by atoms with E-state index >= 15 is 0 Å². The molecule has 2 fully saturated rings. The van der Waals surface area contributed by atoms with Crippen LogP contribution in [0.2, 0.25) is 0 Å². The Morgan fingerprint density at radius 3 is 2.56 bits per heavy atom. The lowest BCUT2D eigenvalue weighted by Gasteiger charge is -2.35. The van der Waals surface area contributed by atoms with Gasteiger partial charge < -0.3 is 19.3 Å². The molecule has 0 aromatic heterocycles. The molecule has 2 heterocycles. The Kier molecular flexibility index (Phi) is 5.91. The first-order valence-corrected chi connectivity index (χ1v) is 9.08. The van der Waals surface area contributed by atoms with Crippen LogP contribution < -0.4 is 4.74 Å². The molecule has 2 amide bonds. The summed E-state index contributed by atoms with van der Waals surface area (Å²) in [5, 5.41) is 0. The molecule has 6 nitrogen and oxygen atoms in total. The third kappa shape index (κ3) is 4.31. The Hall–Kier alpha value is -2.08. The molecule has 0 radical (unpaired) electrons. The summed E-state index contributed by atoms with van der Waals surface area (Å²) >= 11 is 0. The van der Waals surface area contributed by atoms with E-state index in [0.717, 1.165) is 30.6 Å². The van der Waals surface area contributed by atoms with Crippen LogP contribution in [0.1, 0.15) is 25.3 Å². The summed E-state index contributed by atoms with van der Waals surface area (Å²) in [5.74, 6) is 0.804. The van der Waals surface area contributed by atoms with Crippen molar-refractivity contribution in [3.63, 3.8) is 0 Å². The van der Waals surface area contributed by atoms with Crippen LogP contribution in [-0.2, 0) is 20.7 Å². The van der Waals surface area contributed by atoms with Gasteiger partial charge in [-0.05, 0) is 30.9 Å². The number of ether oxygens (including phenoxy) is 2. The topological polar surface area (TPSA) is 59.1 Å². The van der Waals surface area contributed by atoms with Crippen molar-refractivity contribution in [2.24, 2.45) is 0 Å². The first kappa shape index (κ1) is 17.7. The van der Waals surface area contributed by atoms with Crippen molar-refractivity contribution < 1.29 is 19.1 Å². The number of rotatable bonds is 5. The maximum Gasteiger partial charge on any atom is 0.260 e. The van der Waals surface area contributed by atoms with E-state index < -0.39 is 0 Å². The zero-order valence-corrected chi connectivity index (χ0v) is 14.8. The van der Waals surface area contributed by atoms with Crippen LogP contribution in [0.4, 0.5) is 0 Å². The Balaban J connectivity index is 1.46. The van der Waals surface area contributed by atoms with Gasteiger partial charge in [0.2, 0.25) is 0 Å². The number of aryl methyl sites for hydroxylation is 1. The van der Waals surface area contributed by atoms with Crippen LogP contribution >= 0.6 is 0 Å². The average molecular weight is 346 g/mol. The van der Waals surface area contributed by atoms with E-state index in [0.29, 0.717) is 32.8 Å². The molecule has 3 rings (SSSR count). The van der Waals surface area contributed by atoms with Crippen LogP contribution in [0.3, 0.4) is 0 Å². The van der Waals surface area contributed by atoms with E-state index in [9.17, 15) is 9.59 Å². The molecular weight excluding hydrogens is 320 g/mol. The SMILES string of the molecule is CCc1ccccc1OCC(=O)N1CCN(C(=O)C2CCCO2)CC1. The minimum atomic E-state index is -0.281. The molecule has 0 spiro atoms. The molecule has 1 aromatic rings. The van der Waals surface area contributed by atoms with Gasteiger partial charge in [-0.15, -0.1) is 0 Å². The largest absolute Gasteiger partial charge is 0.483 e. The fraction of sp³-hybridized carbons (Fsp3) is 0.579. The molecule has 0 aliphatic carbocycles. The van der Waals surface area contributed by atoms with E-state index in [4.69, 9.17) is 9.47 Å². The molecule has 0 N–H and O–H groups in total. The fourth-order valence-electron chi connectivity index (χ4n) is 3.32. The number of hydrogen-bond acceptors (Lipinski definition) is 4. The van der Waals surface area contributed by atoms with Crippen LogP contribution in [0, 0.1) is 0 Å². The Morgan fingerprint density at radius 1 is 1.16 bits per heavy atom. The second kappa shape index (κ2) is 8.34. The molecule has 0 saturated carbocycles. The number of carbonyl (C=O) groups is 2. The lowest BCUT2D eigenvalue weighted by molar-refractivity contribution is -0.146. The van der Waals surface area contributed by atoms with Crippen LogP contribution in [-0.4, -0.2) is 67.1 Å². The number of hydrogen-bond donors (Lipinski definition) is 0. The predicted molar refractivity (Wildman–Crippen MR) is 93.4 cm³/mol. The molecule has 25 heavy (non-hydrogen) atoms. The molecule has 1 unspecified atom stereocenters. The van der Waals surface area contributed by atoms with E-state index in [1.165, 1.54) is 0 Å². The van der Waals surface area contributed by atoms with Crippen LogP contribution in [0.25, 0.3) is 0 Å². The van der Waals surface area contributed by atoms with Gasteiger partial charge in [0.1, 0.15) is 11.9 Å². The summed E-state index contributed by atoms with van der Waals surface area (Å²) in [6.07, 6.45) is 2.35. The van der Waals surface area contributed by atoms with E-state index in [2.05, 4.69) is 6.92 Å². The number of piperazine rings is 1. The standard InChI is InChI=1S/C19H26N2O4/c1-2-15-6-3-4-7-16(15)25-14-18(22)20-9-11-21(12-10-20)19(23)17-8-5-13-24-17/h3-4,6-7,17H,2,5,8-14H2,1H3. The highest BCUT2D eigenvalue weighted by molar-refractivity contribution is 5.82. The summed E-state index contributed by atoms with van der Waals surface area (Å²) in [6.45, 7) is 5.01. The molecule has 136 valence electrons. The maximum absolute atomic E-state index is 12.4. The van der Waals surface area contributed by atoms with E-state index in [-0.39, 0.29) is 24.5 Å². The first-order valence-electron chi connectivity index (χ1n) is 9.08. The molecule has 0 bridgehead atoms. The summed E-state index contributed by atoms with van der Waals surface area (Å²) in [5.41, 5.74) is 1.10. The Bertz CT molecular complexity index is 605. The number of para-hydroxylation sites is 1. The van der Waals surface area contributed by atoms with Crippen molar-refractivity contribution in [1.82, 2.24) is 9.80 Å². The van der Waals surface area contributed by atoms with Gasteiger partial charge in [-0.3, -0.25) is 9.59 Å². The van der Waals surface area contributed by atoms with E-state index in [1.54, 1.807) is 4.90 Å². The summed E-state index contributed by atoms with van der Waals surface area (Å²) < 4.78 is 11.2. The van der Waals surface area contributed by atoms with Gasteiger partial charge in [0, 0.05) is 32.8 Å². The van der Waals surface area contributed by atoms with Gasteiger partial charge >= 0.3 is 0 Å². The van der Waals surface area contributed by atoms with Crippen LogP contribution in [0.5, 0.6) is 5.75 Å². The molecule has 2 aliphatic heterocycles. The zero-order chi connectivity index (χ0) is 17.6. The number of nitrogens with zero attached hydrogens (tertiary/aromatic N) is 2. The quantitative estimate of drug-likeness (QED) is 0.810. The minimum absolute atomic E-state index is 0.0323. The highest BCUT2D eigenvalue weighted by Crippen LogP contribution is 2.19. The highest BCUT2D eigenvalue weighted by Gasteiger charge is 2.31.